The van der Waals surface area contributed by atoms with E-state index < -0.39 is 12.2 Å². The molecule has 108 valence electrons. The molecule has 0 saturated carbocycles. The molecule has 5 nitrogen and oxygen atoms in total. The van der Waals surface area contributed by atoms with Gasteiger partial charge in [0.05, 0.1) is 11.7 Å². The van der Waals surface area contributed by atoms with Crippen molar-refractivity contribution in [2.75, 3.05) is 13.1 Å². The summed E-state index contributed by atoms with van der Waals surface area (Å²) in [5, 5.41) is 9.51. The Bertz CT molecular complexity index is 419. The van der Waals surface area contributed by atoms with Gasteiger partial charge in [-0.3, -0.25) is 4.79 Å². The number of aryl methyl sites for hydroxylation is 2. The van der Waals surface area contributed by atoms with Crippen LogP contribution in [0.25, 0.3) is 0 Å². The molecule has 0 unspecified atom stereocenters. The van der Waals surface area contributed by atoms with Crippen LogP contribution in [0.5, 0.6) is 0 Å². The molecule has 1 aliphatic rings. The van der Waals surface area contributed by atoms with E-state index in [1.54, 1.807) is 0 Å². The van der Waals surface area contributed by atoms with Gasteiger partial charge in [-0.25, -0.2) is 4.39 Å². The van der Waals surface area contributed by atoms with Gasteiger partial charge in [0, 0.05) is 25.1 Å². The minimum Gasteiger partial charge on any atom is -0.361 e. The highest BCUT2D eigenvalue weighted by Gasteiger charge is 2.28. The molecule has 19 heavy (non-hydrogen) atoms. The van der Waals surface area contributed by atoms with Crippen LogP contribution in [0, 0.1) is 13.8 Å². The van der Waals surface area contributed by atoms with Crippen molar-refractivity contribution in [3.63, 3.8) is 0 Å². The Hall–Kier alpha value is -1.14. The summed E-state index contributed by atoms with van der Waals surface area (Å²) in [6, 6.07) is -0.398. The van der Waals surface area contributed by atoms with Crippen molar-refractivity contribution in [3.8, 4) is 0 Å². The number of carbonyl (C=O) groups is 1. The van der Waals surface area contributed by atoms with E-state index in [1.807, 2.05) is 13.8 Å². The molecular weight excluding hydrogens is 273 g/mol. The fourth-order valence-electron chi connectivity index (χ4n) is 2.19. The van der Waals surface area contributed by atoms with Crippen LogP contribution in [0.4, 0.5) is 4.39 Å². The zero-order valence-corrected chi connectivity index (χ0v) is 11.8. The molecule has 2 atom stereocenters. The third kappa shape index (κ3) is 3.91. The molecule has 2 rings (SSSR count). The molecular formula is C12H19ClFN3O2. The normalized spacial score (nSPS) is 22.1. The van der Waals surface area contributed by atoms with E-state index in [9.17, 15) is 9.18 Å². The fourth-order valence-corrected chi connectivity index (χ4v) is 2.19. The Morgan fingerprint density at radius 1 is 1.58 bits per heavy atom. The minimum absolute atomic E-state index is 0. The van der Waals surface area contributed by atoms with Gasteiger partial charge in [-0.05, 0) is 20.3 Å². The summed E-state index contributed by atoms with van der Waals surface area (Å²) in [6.45, 7) is 4.50. The topological polar surface area (TPSA) is 67.2 Å². The van der Waals surface area contributed by atoms with Crippen molar-refractivity contribution in [3.05, 3.63) is 17.0 Å². The van der Waals surface area contributed by atoms with E-state index in [4.69, 9.17) is 4.52 Å². The number of amides is 1. The third-order valence-electron chi connectivity index (χ3n) is 3.25. The number of carbonyl (C=O) groups excluding carboxylic acids is 1. The highest BCUT2D eigenvalue weighted by Crippen LogP contribution is 2.13. The number of halogens is 2. The van der Waals surface area contributed by atoms with Gasteiger partial charge < -0.3 is 15.2 Å². The Morgan fingerprint density at radius 2 is 2.32 bits per heavy atom. The smallest absolute Gasteiger partial charge is 0.237 e. The monoisotopic (exact) mass is 291 g/mol. The first-order chi connectivity index (χ1) is 8.58. The molecule has 0 spiro atoms. The highest BCUT2D eigenvalue weighted by atomic mass is 35.5. The zero-order chi connectivity index (χ0) is 13.1. The first-order valence-electron chi connectivity index (χ1n) is 6.15. The molecule has 1 amide bonds. The molecule has 2 heterocycles. The van der Waals surface area contributed by atoms with Gasteiger partial charge in [0.15, 0.2) is 0 Å². The van der Waals surface area contributed by atoms with Gasteiger partial charge in [-0.15, -0.1) is 12.4 Å². The lowest BCUT2D eigenvalue weighted by Crippen LogP contribution is -2.41. The third-order valence-corrected chi connectivity index (χ3v) is 3.25. The van der Waals surface area contributed by atoms with Gasteiger partial charge >= 0.3 is 0 Å². The van der Waals surface area contributed by atoms with E-state index in [-0.39, 0.29) is 31.3 Å². The number of nitrogens with one attached hydrogen (secondary N) is 2. The molecule has 0 aliphatic carbocycles. The maximum atomic E-state index is 12.9. The van der Waals surface area contributed by atoms with Crippen molar-refractivity contribution < 1.29 is 13.7 Å². The molecule has 1 fully saturated rings. The fraction of sp³-hybridized carbons (Fsp3) is 0.667. The molecule has 7 heteroatoms. The van der Waals surface area contributed by atoms with Crippen LogP contribution in [0.2, 0.25) is 0 Å². The van der Waals surface area contributed by atoms with Gasteiger partial charge in [0.1, 0.15) is 11.9 Å². The molecule has 0 aromatic carbocycles. The van der Waals surface area contributed by atoms with Crippen LogP contribution < -0.4 is 10.6 Å². The van der Waals surface area contributed by atoms with Crippen molar-refractivity contribution in [1.29, 1.82) is 0 Å². The molecule has 2 N–H and O–H groups in total. The number of hydrogen-bond donors (Lipinski definition) is 2. The first-order valence-corrected chi connectivity index (χ1v) is 6.15. The summed E-state index contributed by atoms with van der Waals surface area (Å²) in [5.41, 5.74) is 1.88. The average molecular weight is 292 g/mol. The van der Waals surface area contributed by atoms with E-state index >= 15 is 0 Å². The summed E-state index contributed by atoms with van der Waals surface area (Å²) in [5.74, 6) is 0.645. The molecule has 1 aromatic rings. The Labute approximate surface area is 117 Å². The predicted octanol–water partition coefficient (Wildman–Crippen LogP) is 1.07. The van der Waals surface area contributed by atoms with Crippen LogP contribution in [-0.2, 0) is 11.2 Å². The van der Waals surface area contributed by atoms with Gasteiger partial charge in [-0.1, -0.05) is 5.16 Å². The number of alkyl halides is 1. The second kappa shape index (κ2) is 6.86. The minimum atomic E-state index is -0.914. The predicted molar refractivity (Wildman–Crippen MR) is 71.2 cm³/mol. The average Bonchev–Trinajstić information content (AvgIpc) is 2.89. The lowest BCUT2D eigenvalue weighted by atomic mass is 10.1. The van der Waals surface area contributed by atoms with E-state index in [2.05, 4.69) is 15.8 Å². The highest BCUT2D eigenvalue weighted by molar-refractivity contribution is 5.85. The van der Waals surface area contributed by atoms with Gasteiger partial charge in [0.2, 0.25) is 5.91 Å². The second-order valence-electron chi connectivity index (χ2n) is 4.64. The lowest BCUT2D eigenvalue weighted by molar-refractivity contribution is -0.122. The van der Waals surface area contributed by atoms with E-state index in [0.717, 1.165) is 17.0 Å². The van der Waals surface area contributed by atoms with Crippen LogP contribution in [-0.4, -0.2) is 36.4 Å². The number of aromatic nitrogens is 1. The largest absolute Gasteiger partial charge is 0.361 e. The van der Waals surface area contributed by atoms with Gasteiger partial charge in [0.25, 0.3) is 0 Å². The SMILES string of the molecule is Cc1noc(C)c1CCNC(=O)[C@H]1C[C@H](F)CN1.Cl. The Morgan fingerprint density at radius 3 is 2.84 bits per heavy atom. The lowest BCUT2D eigenvalue weighted by Gasteiger charge is -2.10. The first kappa shape index (κ1) is 15.9. The molecule has 1 aromatic heterocycles. The van der Waals surface area contributed by atoms with Crippen molar-refractivity contribution in [2.45, 2.75) is 38.9 Å². The van der Waals surface area contributed by atoms with Crippen molar-refractivity contribution >= 4 is 18.3 Å². The summed E-state index contributed by atoms with van der Waals surface area (Å²) < 4.78 is 18.0. The number of nitrogens with zero attached hydrogens (tertiary/aromatic N) is 1. The summed E-state index contributed by atoms with van der Waals surface area (Å²) in [6.07, 6.45) is 0.0267. The maximum Gasteiger partial charge on any atom is 0.237 e. The standard InChI is InChI=1S/C12H18FN3O2.ClH/c1-7-10(8(2)18-16-7)3-4-14-12(17)11-5-9(13)6-15-11;/h9,11,15H,3-6H2,1-2H3,(H,14,17);1H/t9-,11+;/m0./s1. The molecule has 0 radical (unpaired) electrons. The molecule has 1 aliphatic heterocycles. The molecule has 0 bridgehead atoms. The van der Waals surface area contributed by atoms with E-state index in [1.165, 1.54) is 0 Å². The Kier molecular flexibility index (Phi) is 5.75. The maximum absolute atomic E-state index is 12.9. The molecule has 1 saturated heterocycles. The quantitative estimate of drug-likeness (QED) is 0.871. The van der Waals surface area contributed by atoms with E-state index in [0.29, 0.717) is 13.0 Å². The van der Waals surface area contributed by atoms with Crippen LogP contribution >= 0.6 is 12.4 Å². The summed E-state index contributed by atoms with van der Waals surface area (Å²) in [4.78, 5) is 11.7. The van der Waals surface area contributed by atoms with Crippen molar-refractivity contribution in [2.24, 2.45) is 0 Å². The van der Waals surface area contributed by atoms with Crippen molar-refractivity contribution in [1.82, 2.24) is 15.8 Å². The zero-order valence-electron chi connectivity index (χ0n) is 11.0. The van der Waals surface area contributed by atoms with Crippen LogP contribution in [0.3, 0.4) is 0 Å². The summed E-state index contributed by atoms with van der Waals surface area (Å²) >= 11 is 0. The second-order valence-corrected chi connectivity index (χ2v) is 4.64. The van der Waals surface area contributed by atoms with Crippen LogP contribution in [0.1, 0.15) is 23.4 Å². The summed E-state index contributed by atoms with van der Waals surface area (Å²) in [7, 11) is 0. The Balaban J connectivity index is 0.00000180. The van der Waals surface area contributed by atoms with Gasteiger partial charge in [-0.2, -0.15) is 0 Å². The number of hydrogen-bond acceptors (Lipinski definition) is 4. The number of rotatable bonds is 4. The van der Waals surface area contributed by atoms with Crippen LogP contribution in [0.15, 0.2) is 4.52 Å².